The van der Waals surface area contributed by atoms with Crippen molar-refractivity contribution in [1.29, 1.82) is 0 Å². The predicted octanol–water partition coefficient (Wildman–Crippen LogP) is 2.56. The van der Waals surface area contributed by atoms with Crippen molar-refractivity contribution in [2.75, 3.05) is 26.2 Å². The monoisotopic (exact) mass is 222 g/mol. The average molecular weight is 222 g/mol. The van der Waals surface area contributed by atoms with Gasteiger partial charge in [0.15, 0.2) is 0 Å². The quantitative estimate of drug-likeness (QED) is 0.722. The summed E-state index contributed by atoms with van der Waals surface area (Å²) in [6, 6.07) is 0. The fourth-order valence-electron chi connectivity index (χ4n) is 3.30. The van der Waals surface area contributed by atoms with Gasteiger partial charge in [0.25, 0.3) is 0 Å². The van der Waals surface area contributed by atoms with Crippen LogP contribution in [-0.4, -0.2) is 36.6 Å². The van der Waals surface area contributed by atoms with Gasteiger partial charge in [0.2, 0.25) is 0 Å². The molecule has 1 aliphatic carbocycles. The normalized spacial score (nSPS) is 26.6. The molecule has 1 N–H and O–H groups in total. The molecule has 1 aliphatic heterocycles. The SMILES string of the molecule is C=C(C)CN1CCCNC2(CCCCC2)C1. The van der Waals surface area contributed by atoms with Gasteiger partial charge in [-0.1, -0.05) is 31.4 Å². The van der Waals surface area contributed by atoms with E-state index >= 15 is 0 Å². The predicted molar refractivity (Wildman–Crippen MR) is 69.7 cm³/mol. The Balaban J connectivity index is 1.98. The van der Waals surface area contributed by atoms with Crippen molar-refractivity contribution in [3.8, 4) is 0 Å². The Hall–Kier alpha value is -0.340. The summed E-state index contributed by atoms with van der Waals surface area (Å²) in [7, 11) is 0. The molecule has 1 heterocycles. The van der Waals surface area contributed by atoms with Crippen LogP contribution in [-0.2, 0) is 0 Å². The van der Waals surface area contributed by atoms with Crippen LogP contribution in [0.4, 0.5) is 0 Å². The van der Waals surface area contributed by atoms with Crippen molar-refractivity contribution >= 4 is 0 Å². The number of hydrogen-bond acceptors (Lipinski definition) is 2. The summed E-state index contributed by atoms with van der Waals surface area (Å²) in [5.41, 5.74) is 1.73. The van der Waals surface area contributed by atoms with E-state index in [-0.39, 0.29) is 0 Å². The largest absolute Gasteiger partial charge is 0.310 e. The Morgan fingerprint density at radius 2 is 2.00 bits per heavy atom. The molecule has 1 saturated heterocycles. The first kappa shape index (κ1) is 12.1. The Labute approximate surface area is 100 Å². The zero-order chi connectivity index (χ0) is 11.4. The summed E-state index contributed by atoms with van der Waals surface area (Å²) < 4.78 is 0. The lowest BCUT2D eigenvalue weighted by molar-refractivity contribution is 0.172. The summed E-state index contributed by atoms with van der Waals surface area (Å²) in [4.78, 5) is 2.60. The van der Waals surface area contributed by atoms with Crippen LogP contribution in [0.2, 0.25) is 0 Å². The van der Waals surface area contributed by atoms with Gasteiger partial charge in [-0.15, -0.1) is 0 Å². The van der Waals surface area contributed by atoms with Crippen LogP contribution in [0.3, 0.4) is 0 Å². The number of rotatable bonds is 2. The Morgan fingerprint density at radius 1 is 1.25 bits per heavy atom. The van der Waals surface area contributed by atoms with Crippen molar-refractivity contribution in [3.63, 3.8) is 0 Å². The minimum absolute atomic E-state index is 0.435. The van der Waals surface area contributed by atoms with E-state index in [2.05, 4.69) is 23.7 Å². The van der Waals surface area contributed by atoms with Crippen LogP contribution in [0.15, 0.2) is 12.2 Å². The highest BCUT2D eigenvalue weighted by Gasteiger charge is 2.34. The molecule has 0 radical (unpaired) electrons. The molecule has 0 aromatic rings. The van der Waals surface area contributed by atoms with E-state index in [4.69, 9.17) is 0 Å². The third-order valence-corrected chi connectivity index (χ3v) is 3.98. The first-order valence-corrected chi connectivity index (χ1v) is 6.82. The Morgan fingerprint density at radius 3 is 2.69 bits per heavy atom. The van der Waals surface area contributed by atoms with E-state index in [1.807, 2.05) is 0 Å². The molecule has 0 aromatic carbocycles. The van der Waals surface area contributed by atoms with Crippen molar-refractivity contribution in [3.05, 3.63) is 12.2 Å². The van der Waals surface area contributed by atoms with Gasteiger partial charge in [-0.05, 0) is 39.3 Å². The summed E-state index contributed by atoms with van der Waals surface area (Å²) in [5, 5.41) is 3.83. The van der Waals surface area contributed by atoms with Gasteiger partial charge in [-0.2, -0.15) is 0 Å². The number of nitrogens with zero attached hydrogens (tertiary/aromatic N) is 1. The highest BCUT2D eigenvalue weighted by molar-refractivity contribution is 4.99. The average Bonchev–Trinajstić information content (AvgIpc) is 2.41. The second kappa shape index (κ2) is 5.33. The Kier molecular flexibility index (Phi) is 4.04. The molecule has 2 heteroatoms. The van der Waals surface area contributed by atoms with Crippen LogP contribution in [0.1, 0.15) is 45.4 Å². The molecule has 0 amide bonds. The highest BCUT2D eigenvalue weighted by Crippen LogP contribution is 2.30. The fourth-order valence-corrected chi connectivity index (χ4v) is 3.30. The molecule has 2 nitrogen and oxygen atoms in total. The molecule has 0 atom stereocenters. The minimum Gasteiger partial charge on any atom is -0.310 e. The van der Waals surface area contributed by atoms with Crippen molar-refractivity contribution in [2.45, 2.75) is 51.0 Å². The first-order chi connectivity index (χ1) is 7.70. The van der Waals surface area contributed by atoms with Crippen LogP contribution < -0.4 is 5.32 Å². The fraction of sp³-hybridized carbons (Fsp3) is 0.857. The lowest BCUT2D eigenvalue weighted by Crippen LogP contribution is -2.52. The van der Waals surface area contributed by atoms with Gasteiger partial charge < -0.3 is 5.32 Å². The minimum atomic E-state index is 0.435. The second-order valence-electron chi connectivity index (χ2n) is 5.79. The van der Waals surface area contributed by atoms with Crippen molar-refractivity contribution in [2.24, 2.45) is 0 Å². The van der Waals surface area contributed by atoms with Gasteiger partial charge in [0.05, 0.1) is 0 Å². The highest BCUT2D eigenvalue weighted by atomic mass is 15.2. The lowest BCUT2D eigenvalue weighted by Gasteiger charge is -2.40. The molecule has 16 heavy (non-hydrogen) atoms. The van der Waals surface area contributed by atoms with Gasteiger partial charge in [0, 0.05) is 18.6 Å². The molecular weight excluding hydrogens is 196 g/mol. The van der Waals surface area contributed by atoms with Crippen molar-refractivity contribution < 1.29 is 0 Å². The lowest BCUT2D eigenvalue weighted by atomic mass is 9.81. The second-order valence-corrected chi connectivity index (χ2v) is 5.79. The van der Waals surface area contributed by atoms with E-state index in [1.54, 1.807) is 0 Å². The maximum absolute atomic E-state index is 4.05. The van der Waals surface area contributed by atoms with Crippen LogP contribution >= 0.6 is 0 Å². The summed E-state index contributed by atoms with van der Waals surface area (Å²) >= 11 is 0. The van der Waals surface area contributed by atoms with E-state index in [1.165, 1.54) is 63.7 Å². The number of hydrogen-bond donors (Lipinski definition) is 1. The van der Waals surface area contributed by atoms with E-state index in [9.17, 15) is 0 Å². The Bertz CT molecular complexity index is 241. The molecule has 92 valence electrons. The smallest absolute Gasteiger partial charge is 0.0308 e. The molecule has 2 aliphatic rings. The molecule has 0 unspecified atom stereocenters. The van der Waals surface area contributed by atoms with Crippen LogP contribution in [0, 0.1) is 0 Å². The third kappa shape index (κ3) is 3.08. The summed E-state index contributed by atoms with van der Waals surface area (Å²) in [6.45, 7) is 11.0. The molecule has 2 rings (SSSR count). The maximum Gasteiger partial charge on any atom is 0.0308 e. The summed E-state index contributed by atoms with van der Waals surface area (Å²) in [6.07, 6.45) is 8.29. The van der Waals surface area contributed by atoms with Gasteiger partial charge in [-0.25, -0.2) is 0 Å². The molecule has 2 fully saturated rings. The molecule has 0 aromatic heterocycles. The van der Waals surface area contributed by atoms with E-state index in [0.29, 0.717) is 5.54 Å². The number of nitrogens with one attached hydrogen (secondary N) is 1. The van der Waals surface area contributed by atoms with Gasteiger partial charge >= 0.3 is 0 Å². The maximum atomic E-state index is 4.05. The van der Waals surface area contributed by atoms with E-state index < -0.39 is 0 Å². The van der Waals surface area contributed by atoms with Crippen molar-refractivity contribution in [1.82, 2.24) is 10.2 Å². The van der Waals surface area contributed by atoms with Crippen LogP contribution in [0.25, 0.3) is 0 Å². The first-order valence-electron chi connectivity index (χ1n) is 6.82. The zero-order valence-electron chi connectivity index (χ0n) is 10.7. The summed E-state index contributed by atoms with van der Waals surface area (Å²) in [5.74, 6) is 0. The van der Waals surface area contributed by atoms with Gasteiger partial charge in [0.1, 0.15) is 0 Å². The molecule has 0 bridgehead atoms. The third-order valence-electron chi connectivity index (χ3n) is 3.98. The van der Waals surface area contributed by atoms with Gasteiger partial charge in [-0.3, -0.25) is 4.90 Å². The standard InChI is InChI=1S/C14H26N2/c1-13(2)11-16-10-6-9-15-14(12-16)7-4-3-5-8-14/h15H,1,3-12H2,2H3. The van der Waals surface area contributed by atoms with Crippen LogP contribution in [0.5, 0.6) is 0 Å². The zero-order valence-corrected chi connectivity index (χ0v) is 10.7. The molecular formula is C14H26N2. The van der Waals surface area contributed by atoms with E-state index in [0.717, 1.165) is 6.54 Å². The molecule has 1 saturated carbocycles. The molecule has 1 spiro atoms. The topological polar surface area (TPSA) is 15.3 Å².